The fraction of sp³-hybridized carbons (Fsp3) is 0.562. The van der Waals surface area contributed by atoms with Crippen molar-refractivity contribution in [1.29, 1.82) is 0 Å². The first-order chi connectivity index (χ1) is 11.4. The molecule has 0 aromatic heterocycles. The molecule has 1 aromatic carbocycles. The molecule has 0 spiro atoms. The molecule has 0 radical (unpaired) electrons. The maximum Gasteiger partial charge on any atom is 0.422 e. The molecule has 0 saturated carbocycles. The van der Waals surface area contributed by atoms with E-state index in [1.54, 1.807) is 4.90 Å². The van der Waals surface area contributed by atoms with Crippen molar-refractivity contribution in [3.8, 4) is 5.75 Å². The van der Waals surface area contributed by atoms with E-state index in [0.717, 1.165) is 12.8 Å². The number of benzene rings is 1. The van der Waals surface area contributed by atoms with E-state index >= 15 is 0 Å². The number of rotatable bonds is 5. The molecule has 1 fully saturated rings. The van der Waals surface area contributed by atoms with Gasteiger partial charge in [0.2, 0.25) is 0 Å². The fourth-order valence-corrected chi connectivity index (χ4v) is 2.50. The van der Waals surface area contributed by atoms with Gasteiger partial charge in [-0.15, -0.1) is 0 Å². The number of halogens is 3. The minimum atomic E-state index is -4.38. The van der Waals surface area contributed by atoms with Crippen molar-refractivity contribution in [2.24, 2.45) is 0 Å². The first-order valence-corrected chi connectivity index (χ1v) is 7.84. The highest BCUT2D eigenvalue weighted by molar-refractivity contribution is 5.89. The molecular formula is C16H21F3N2O3. The molecular weight excluding hydrogens is 325 g/mol. The molecule has 134 valence electrons. The van der Waals surface area contributed by atoms with Gasteiger partial charge in [-0.3, -0.25) is 0 Å². The fourth-order valence-electron chi connectivity index (χ4n) is 2.50. The van der Waals surface area contributed by atoms with Crippen LogP contribution in [0.2, 0.25) is 0 Å². The number of ether oxygens (including phenoxy) is 2. The van der Waals surface area contributed by atoms with E-state index in [9.17, 15) is 18.0 Å². The number of piperidine rings is 1. The third-order valence-electron chi connectivity index (χ3n) is 3.58. The molecule has 1 N–H and O–H groups in total. The first-order valence-electron chi connectivity index (χ1n) is 7.84. The number of anilines is 1. The van der Waals surface area contributed by atoms with Crippen LogP contribution in [0.1, 0.15) is 19.8 Å². The van der Waals surface area contributed by atoms with E-state index in [1.165, 1.54) is 24.3 Å². The highest BCUT2D eigenvalue weighted by atomic mass is 19.4. The summed E-state index contributed by atoms with van der Waals surface area (Å²) in [6, 6.07) is 5.55. The summed E-state index contributed by atoms with van der Waals surface area (Å²) in [7, 11) is 0. The van der Waals surface area contributed by atoms with Gasteiger partial charge in [0, 0.05) is 25.4 Å². The molecule has 1 aromatic rings. The van der Waals surface area contributed by atoms with Crippen LogP contribution >= 0.6 is 0 Å². The molecule has 0 bridgehead atoms. The van der Waals surface area contributed by atoms with E-state index < -0.39 is 12.8 Å². The maximum absolute atomic E-state index is 12.2. The van der Waals surface area contributed by atoms with Gasteiger partial charge in [0.1, 0.15) is 5.75 Å². The Bertz CT molecular complexity index is 532. The summed E-state index contributed by atoms with van der Waals surface area (Å²) in [5, 5.41) is 2.73. The SMILES string of the molecule is CCO[C@@H]1CCCN(C(=O)Nc2ccc(OCC(F)(F)F)cc2)C1. The number of nitrogens with one attached hydrogen (secondary N) is 1. The van der Waals surface area contributed by atoms with Crippen molar-refractivity contribution < 1.29 is 27.4 Å². The maximum atomic E-state index is 12.2. The number of nitrogens with zero attached hydrogens (tertiary/aromatic N) is 1. The summed E-state index contributed by atoms with van der Waals surface area (Å²) in [4.78, 5) is 13.9. The zero-order chi connectivity index (χ0) is 17.6. The molecule has 2 rings (SSSR count). The van der Waals surface area contributed by atoms with Gasteiger partial charge in [-0.1, -0.05) is 0 Å². The van der Waals surface area contributed by atoms with Crippen molar-refractivity contribution >= 4 is 11.7 Å². The number of likely N-dealkylation sites (tertiary alicyclic amines) is 1. The summed E-state index contributed by atoms with van der Waals surface area (Å²) < 4.78 is 46.4. The van der Waals surface area contributed by atoms with Gasteiger partial charge in [0.05, 0.1) is 6.10 Å². The van der Waals surface area contributed by atoms with Crippen LogP contribution in [0, 0.1) is 0 Å². The first kappa shape index (κ1) is 18.4. The second-order valence-corrected chi connectivity index (χ2v) is 5.52. The molecule has 2 amide bonds. The largest absolute Gasteiger partial charge is 0.484 e. The molecule has 1 aliphatic rings. The molecule has 1 saturated heterocycles. The summed E-state index contributed by atoms with van der Waals surface area (Å²) in [5.74, 6) is 0.0970. The Hall–Kier alpha value is -1.96. The molecule has 8 heteroatoms. The van der Waals surface area contributed by atoms with Crippen LogP contribution in [0.25, 0.3) is 0 Å². The number of carbonyl (C=O) groups excluding carboxylic acids is 1. The van der Waals surface area contributed by atoms with Crippen molar-refractivity contribution in [2.45, 2.75) is 32.0 Å². The molecule has 0 aliphatic carbocycles. The van der Waals surface area contributed by atoms with Gasteiger partial charge in [-0.25, -0.2) is 4.79 Å². The lowest BCUT2D eigenvalue weighted by atomic mass is 10.1. The van der Waals surface area contributed by atoms with Gasteiger partial charge in [0.25, 0.3) is 0 Å². The third kappa shape index (κ3) is 5.92. The Morgan fingerprint density at radius 1 is 1.33 bits per heavy atom. The Balaban J connectivity index is 1.85. The molecule has 1 heterocycles. The Kier molecular flexibility index (Phi) is 6.30. The number of hydrogen-bond acceptors (Lipinski definition) is 3. The zero-order valence-corrected chi connectivity index (χ0v) is 13.4. The Morgan fingerprint density at radius 3 is 2.67 bits per heavy atom. The van der Waals surface area contributed by atoms with E-state index in [2.05, 4.69) is 10.1 Å². The van der Waals surface area contributed by atoms with Crippen LogP contribution < -0.4 is 10.1 Å². The van der Waals surface area contributed by atoms with E-state index in [4.69, 9.17) is 4.74 Å². The minimum absolute atomic E-state index is 0.0487. The van der Waals surface area contributed by atoms with Crippen LogP contribution in [0.4, 0.5) is 23.7 Å². The quantitative estimate of drug-likeness (QED) is 0.885. The smallest absolute Gasteiger partial charge is 0.422 e. The normalized spacial score (nSPS) is 18.3. The van der Waals surface area contributed by atoms with Gasteiger partial charge in [0.15, 0.2) is 6.61 Å². The lowest BCUT2D eigenvalue weighted by molar-refractivity contribution is -0.153. The highest BCUT2D eigenvalue weighted by Crippen LogP contribution is 2.21. The average Bonchev–Trinajstić information content (AvgIpc) is 2.54. The van der Waals surface area contributed by atoms with E-state index in [0.29, 0.717) is 25.4 Å². The number of urea groups is 1. The average molecular weight is 346 g/mol. The van der Waals surface area contributed by atoms with Crippen LogP contribution in [0.3, 0.4) is 0 Å². The number of hydrogen-bond donors (Lipinski definition) is 1. The highest BCUT2D eigenvalue weighted by Gasteiger charge is 2.28. The van der Waals surface area contributed by atoms with Gasteiger partial charge < -0.3 is 19.7 Å². The zero-order valence-electron chi connectivity index (χ0n) is 13.4. The van der Waals surface area contributed by atoms with E-state index in [-0.39, 0.29) is 17.9 Å². The third-order valence-corrected chi connectivity index (χ3v) is 3.58. The van der Waals surface area contributed by atoms with Gasteiger partial charge in [-0.2, -0.15) is 13.2 Å². The Morgan fingerprint density at radius 2 is 2.04 bits per heavy atom. The second kappa shape index (κ2) is 8.23. The van der Waals surface area contributed by atoms with Crippen molar-refractivity contribution in [1.82, 2.24) is 4.90 Å². The van der Waals surface area contributed by atoms with Crippen LogP contribution in [0.15, 0.2) is 24.3 Å². The predicted molar refractivity (Wildman–Crippen MR) is 83.2 cm³/mol. The topological polar surface area (TPSA) is 50.8 Å². The Labute approximate surface area is 138 Å². The summed E-state index contributed by atoms with van der Waals surface area (Å²) >= 11 is 0. The van der Waals surface area contributed by atoms with Crippen LogP contribution in [0.5, 0.6) is 5.75 Å². The summed E-state index contributed by atoms with van der Waals surface area (Å²) in [6.07, 6.45) is -2.52. The molecule has 0 unspecified atom stereocenters. The van der Waals surface area contributed by atoms with Crippen LogP contribution in [-0.2, 0) is 4.74 Å². The standard InChI is InChI=1S/C16H21F3N2O3/c1-2-23-14-4-3-9-21(10-14)15(22)20-12-5-7-13(8-6-12)24-11-16(17,18)19/h5-8,14H,2-4,9-11H2,1H3,(H,20,22)/t14-/m1/s1. The lowest BCUT2D eigenvalue weighted by Gasteiger charge is -2.32. The van der Waals surface area contributed by atoms with Crippen molar-refractivity contribution in [2.75, 3.05) is 31.6 Å². The van der Waals surface area contributed by atoms with E-state index in [1.807, 2.05) is 6.92 Å². The predicted octanol–water partition coefficient (Wildman–Crippen LogP) is 3.66. The molecule has 1 aliphatic heterocycles. The lowest BCUT2D eigenvalue weighted by Crippen LogP contribution is -2.45. The molecule has 5 nitrogen and oxygen atoms in total. The van der Waals surface area contributed by atoms with Crippen LogP contribution in [-0.4, -0.2) is 49.5 Å². The minimum Gasteiger partial charge on any atom is -0.484 e. The van der Waals surface area contributed by atoms with Crippen molar-refractivity contribution in [3.05, 3.63) is 24.3 Å². The van der Waals surface area contributed by atoms with Gasteiger partial charge >= 0.3 is 12.2 Å². The monoisotopic (exact) mass is 346 g/mol. The van der Waals surface area contributed by atoms with Crippen molar-refractivity contribution in [3.63, 3.8) is 0 Å². The number of alkyl halides is 3. The molecule has 24 heavy (non-hydrogen) atoms. The molecule has 1 atom stereocenters. The number of carbonyl (C=O) groups is 1. The number of amides is 2. The van der Waals surface area contributed by atoms with Gasteiger partial charge in [-0.05, 0) is 44.0 Å². The summed E-state index contributed by atoms with van der Waals surface area (Å²) in [6.45, 7) is 2.38. The summed E-state index contributed by atoms with van der Waals surface area (Å²) in [5.41, 5.74) is 0.498. The second-order valence-electron chi connectivity index (χ2n) is 5.52.